The van der Waals surface area contributed by atoms with E-state index in [1.54, 1.807) is 0 Å². The van der Waals surface area contributed by atoms with Crippen molar-refractivity contribution in [1.82, 2.24) is 5.16 Å². The Kier molecular flexibility index (Phi) is 8.30. The van der Waals surface area contributed by atoms with E-state index in [-0.39, 0.29) is 6.07 Å². The Morgan fingerprint density at radius 3 is 1.20 bits per heavy atom. The van der Waals surface area contributed by atoms with Gasteiger partial charge in [-0.1, -0.05) is 5.16 Å². The Balaban J connectivity index is 2.27. The molecule has 2 atom stereocenters. The Hall–Kier alpha value is -5.17. The zero-order valence-electron chi connectivity index (χ0n) is 21.5. The van der Waals surface area contributed by atoms with Crippen LogP contribution in [0.2, 0.25) is 0 Å². The maximum absolute atomic E-state index is 15.8. The highest BCUT2D eigenvalue weighted by atomic mass is 19.2. The van der Waals surface area contributed by atoms with E-state index in [1.165, 1.54) is 0 Å². The van der Waals surface area contributed by atoms with E-state index >= 15 is 26.3 Å². The van der Waals surface area contributed by atoms with E-state index in [1.807, 2.05) is 0 Å². The minimum atomic E-state index is -4.68. The summed E-state index contributed by atoms with van der Waals surface area (Å²) in [4.78, 5) is 24.6. The van der Waals surface area contributed by atoms with Crippen molar-refractivity contribution < 1.29 is 85.8 Å². The van der Waals surface area contributed by atoms with Crippen LogP contribution in [-0.2, 0) is 15.0 Å². The molecule has 3 aromatic carbocycles. The Morgan fingerprint density at radius 2 is 0.891 bits per heavy atom. The summed E-state index contributed by atoms with van der Waals surface area (Å²) < 4.78 is 210. The standard InChI is InChI=1S/C26H7F14NO5/c1-3-2-4(46-41-3)26(25(44)45,9-16(33)20(37)23(40)21(38)17(9)34)8-14(31)10(27)6(11(28)15(8)32)5(24(42)43)7-12(29)18(35)22(39)19(36)13(7)30/h2,5H,1H3,(H,42,43)(H,44,45). The normalized spacial score (nSPS) is 13.5. The average molecular weight is 679 g/mol. The van der Waals surface area contributed by atoms with Crippen LogP contribution in [0.4, 0.5) is 61.5 Å². The van der Waals surface area contributed by atoms with Crippen molar-refractivity contribution in [2.24, 2.45) is 0 Å². The number of carboxylic acid groups (broad SMARTS) is 2. The number of halogens is 14. The third-order valence-corrected chi connectivity index (χ3v) is 6.64. The third-order valence-electron chi connectivity index (χ3n) is 6.64. The lowest BCUT2D eigenvalue weighted by molar-refractivity contribution is -0.142. The molecule has 4 rings (SSSR count). The molecular formula is C26H7F14NO5. The second-order valence-electron chi connectivity index (χ2n) is 9.13. The summed E-state index contributed by atoms with van der Waals surface area (Å²) in [5, 5.41) is 22.6. The lowest BCUT2D eigenvalue weighted by atomic mass is 9.70. The minimum Gasteiger partial charge on any atom is -0.481 e. The van der Waals surface area contributed by atoms with E-state index < -0.39 is 138 Å². The predicted octanol–water partition coefficient (Wildman–Crippen LogP) is 6.57. The summed E-state index contributed by atoms with van der Waals surface area (Å²) in [7, 11) is 0. The van der Waals surface area contributed by atoms with Crippen LogP contribution in [0.5, 0.6) is 0 Å². The number of benzene rings is 3. The largest absolute Gasteiger partial charge is 0.481 e. The molecule has 0 bridgehead atoms. The second kappa shape index (κ2) is 11.3. The van der Waals surface area contributed by atoms with Gasteiger partial charge in [-0.25, -0.2) is 61.5 Å². The van der Waals surface area contributed by atoms with Gasteiger partial charge in [0, 0.05) is 17.2 Å². The van der Waals surface area contributed by atoms with Gasteiger partial charge in [-0.2, -0.15) is 0 Å². The van der Waals surface area contributed by atoms with Crippen molar-refractivity contribution >= 4 is 11.9 Å². The van der Waals surface area contributed by atoms with Crippen molar-refractivity contribution in [3.8, 4) is 0 Å². The Bertz CT molecular complexity index is 1910. The monoisotopic (exact) mass is 679 g/mol. The number of carboxylic acids is 2. The molecule has 0 aliphatic heterocycles. The average Bonchev–Trinajstić information content (AvgIpc) is 3.44. The van der Waals surface area contributed by atoms with Crippen molar-refractivity contribution in [3.63, 3.8) is 0 Å². The molecule has 1 aromatic heterocycles. The quantitative estimate of drug-likeness (QED) is 0.130. The molecule has 0 saturated carbocycles. The third kappa shape index (κ3) is 4.44. The molecule has 0 saturated heterocycles. The lowest BCUT2D eigenvalue weighted by Gasteiger charge is -2.30. The highest BCUT2D eigenvalue weighted by Gasteiger charge is 2.58. The fourth-order valence-corrected chi connectivity index (χ4v) is 4.66. The van der Waals surface area contributed by atoms with E-state index in [0.29, 0.717) is 0 Å². The van der Waals surface area contributed by atoms with Gasteiger partial charge in [0.2, 0.25) is 11.6 Å². The van der Waals surface area contributed by atoms with Crippen molar-refractivity contribution in [2.75, 3.05) is 0 Å². The number of hydrogen-bond donors (Lipinski definition) is 2. The first-order valence-electron chi connectivity index (χ1n) is 11.6. The molecule has 1 heterocycles. The van der Waals surface area contributed by atoms with Gasteiger partial charge in [0.25, 0.3) is 0 Å². The van der Waals surface area contributed by atoms with Gasteiger partial charge in [-0.3, -0.25) is 9.59 Å². The van der Waals surface area contributed by atoms with Crippen LogP contribution in [0.25, 0.3) is 0 Å². The number of aromatic nitrogens is 1. The van der Waals surface area contributed by atoms with Gasteiger partial charge in [0.05, 0.1) is 16.8 Å². The minimum absolute atomic E-state index is 0.254. The maximum atomic E-state index is 15.8. The molecule has 46 heavy (non-hydrogen) atoms. The van der Waals surface area contributed by atoms with Crippen LogP contribution in [0, 0.1) is 88.4 Å². The van der Waals surface area contributed by atoms with Crippen LogP contribution in [0.3, 0.4) is 0 Å². The Morgan fingerprint density at radius 1 is 0.587 bits per heavy atom. The van der Waals surface area contributed by atoms with Crippen LogP contribution in [0.1, 0.15) is 39.6 Å². The zero-order valence-corrected chi connectivity index (χ0v) is 21.5. The van der Waals surface area contributed by atoms with Gasteiger partial charge in [-0.15, -0.1) is 0 Å². The van der Waals surface area contributed by atoms with Crippen LogP contribution in [-0.4, -0.2) is 27.3 Å². The summed E-state index contributed by atoms with van der Waals surface area (Å²) in [6.07, 6.45) is 0. The first kappa shape index (κ1) is 33.7. The van der Waals surface area contributed by atoms with Gasteiger partial charge in [0.1, 0.15) is 5.92 Å². The molecule has 0 amide bonds. The van der Waals surface area contributed by atoms with Crippen LogP contribution < -0.4 is 0 Å². The zero-order chi connectivity index (χ0) is 34.9. The second-order valence-corrected chi connectivity index (χ2v) is 9.13. The predicted molar refractivity (Wildman–Crippen MR) is 117 cm³/mol. The van der Waals surface area contributed by atoms with Crippen molar-refractivity contribution in [3.05, 3.63) is 121 Å². The lowest BCUT2D eigenvalue weighted by Crippen LogP contribution is -2.43. The van der Waals surface area contributed by atoms with Crippen molar-refractivity contribution in [1.29, 1.82) is 0 Å². The SMILES string of the molecule is Cc1cc(C(C(=O)O)(c2c(F)c(F)c(F)c(F)c2F)c2c(F)c(F)c(C(C(=O)O)c3c(F)c(F)c(F)c(F)c3F)c(F)c2F)on1. The van der Waals surface area contributed by atoms with Crippen molar-refractivity contribution in [2.45, 2.75) is 18.3 Å². The molecule has 0 aliphatic carbocycles. The summed E-state index contributed by atoms with van der Waals surface area (Å²) in [6.45, 7) is 0.899. The molecule has 0 spiro atoms. The number of carbonyl (C=O) groups is 2. The molecule has 2 N–H and O–H groups in total. The summed E-state index contributed by atoms with van der Waals surface area (Å²) in [6, 6.07) is 0.254. The smallest absolute Gasteiger partial charge is 0.327 e. The van der Waals surface area contributed by atoms with Gasteiger partial charge in [0.15, 0.2) is 81.0 Å². The first-order chi connectivity index (χ1) is 21.3. The molecule has 20 heteroatoms. The molecule has 0 radical (unpaired) electrons. The van der Waals surface area contributed by atoms with Gasteiger partial charge >= 0.3 is 11.9 Å². The highest BCUT2D eigenvalue weighted by Crippen LogP contribution is 2.48. The van der Waals surface area contributed by atoms with Gasteiger partial charge in [-0.05, 0) is 6.92 Å². The number of aryl methyl sites for hydroxylation is 1. The summed E-state index contributed by atoms with van der Waals surface area (Å²) >= 11 is 0. The maximum Gasteiger partial charge on any atom is 0.327 e. The number of nitrogens with zero attached hydrogens (tertiary/aromatic N) is 1. The molecule has 244 valence electrons. The molecular weight excluding hydrogens is 672 g/mol. The fraction of sp³-hybridized carbons (Fsp3) is 0.115. The van der Waals surface area contributed by atoms with Crippen LogP contribution in [0.15, 0.2) is 10.6 Å². The molecule has 0 fully saturated rings. The molecule has 0 aliphatic rings. The number of hydrogen-bond acceptors (Lipinski definition) is 4. The fourth-order valence-electron chi connectivity index (χ4n) is 4.66. The van der Waals surface area contributed by atoms with E-state index in [4.69, 9.17) is 0 Å². The number of aliphatic carboxylic acids is 2. The highest BCUT2D eigenvalue weighted by molar-refractivity contribution is 5.91. The Labute approximate surface area is 243 Å². The molecule has 6 nitrogen and oxygen atoms in total. The summed E-state index contributed by atoms with van der Waals surface area (Å²) in [5.41, 5.74) is -16.1. The topological polar surface area (TPSA) is 101 Å². The van der Waals surface area contributed by atoms with E-state index in [2.05, 4.69) is 9.68 Å². The molecule has 4 aromatic rings. The van der Waals surface area contributed by atoms with E-state index in [0.717, 1.165) is 6.92 Å². The number of rotatable bonds is 7. The van der Waals surface area contributed by atoms with E-state index in [9.17, 15) is 54.9 Å². The van der Waals surface area contributed by atoms with Crippen LogP contribution >= 0.6 is 0 Å². The van der Waals surface area contributed by atoms with Gasteiger partial charge < -0.3 is 14.7 Å². The first-order valence-corrected chi connectivity index (χ1v) is 11.6. The molecule has 2 unspecified atom stereocenters. The summed E-state index contributed by atoms with van der Waals surface area (Å²) in [5.74, 6) is -54.5.